The number of carbonyl (C=O) groups excluding carboxylic acids is 2. The number of amides is 2. The third-order valence-electron chi connectivity index (χ3n) is 5.02. The van der Waals surface area contributed by atoms with Crippen LogP contribution in [0.2, 0.25) is 0 Å². The number of ether oxygens (including phenoxy) is 1. The van der Waals surface area contributed by atoms with Gasteiger partial charge >= 0.3 is 0 Å². The molecule has 1 aromatic heterocycles. The highest BCUT2D eigenvalue weighted by molar-refractivity contribution is 7.99. The third-order valence-corrected chi connectivity index (χ3v) is 5.99. The van der Waals surface area contributed by atoms with Gasteiger partial charge in [-0.25, -0.2) is 0 Å². The Morgan fingerprint density at radius 3 is 2.47 bits per heavy atom. The number of carbonyl (C=O) groups is 2. The summed E-state index contributed by atoms with van der Waals surface area (Å²) >= 11 is 1.29. The maximum Gasteiger partial charge on any atom is 0.234 e. The molecule has 0 aliphatic heterocycles. The van der Waals surface area contributed by atoms with Gasteiger partial charge in [-0.15, -0.1) is 10.2 Å². The van der Waals surface area contributed by atoms with Gasteiger partial charge in [0.25, 0.3) is 0 Å². The number of para-hydroxylation sites is 2. The summed E-state index contributed by atoms with van der Waals surface area (Å²) in [6.07, 6.45) is 0.0636. The third kappa shape index (κ3) is 5.67. The SMILES string of the molecule is CCn1c(CC(=O)Nc2ccccc2OC)nnc1SCC(=O)Nc1cccc(C)c1C. The quantitative estimate of drug-likeness (QED) is 0.478. The van der Waals surface area contributed by atoms with Gasteiger partial charge in [0.1, 0.15) is 11.6 Å². The Balaban J connectivity index is 1.61. The molecule has 3 aromatic rings. The Kier molecular flexibility index (Phi) is 7.88. The van der Waals surface area contributed by atoms with Gasteiger partial charge in [0.05, 0.1) is 25.0 Å². The first-order valence-electron chi connectivity index (χ1n) is 10.3. The van der Waals surface area contributed by atoms with Gasteiger partial charge in [-0.2, -0.15) is 0 Å². The summed E-state index contributed by atoms with van der Waals surface area (Å²) < 4.78 is 7.11. The molecule has 8 nitrogen and oxygen atoms in total. The smallest absolute Gasteiger partial charge is 0.234 e. The normalized spacial score (nSPS) is 10.6. The lowest BCUT2D eigenvalue weighted by Crippen LogP contribution is -2.18. The van der Waals surface area contributed by atoms with Crippen molar-refractivity contribution in [1.29, 1.82) is 0 Å². The van der Waals surface area contributed by atoms with Crippen molar-refractivity contribution in [2.24, 2.45) is 0 Å². The summed E-state index contributed by atoms with van der Waals surface area (Å²) in [5.74, 6) is 0.978. The number of aryl methyl sites for hydroxylation is 1. The molecule has 168 valence electrons. The van der Waals surface area contributed by atoms with Crippen LogP contribution in [0.4, 0.5) is 11.4 Å². The molecule has 3 rings (SSSR count). The number of nitrogens with zero attached hydrogens (tertiary/aromatic N) is 3. The van der Waals surface area contributed by atoms with E-state index < -0.39 is 0 Å². The van der Waals surface area contributed by atoms with E-state index in [0.29, 0.717) is 29.0 Å². The van der Waals surface area contributed by atoms with Gasteiger partial charge in [0.2, 0.25) is 11.8 Å². The van der Waals surface area contributed by atoms with E-state index in [-0.39, 0.29) is 24.0 Å². The van der Waals surface area contributed by atoms with Gasteiger partial charge in [0, 0.05) is 12.2 Å². The van der Waals surface area contributed by atoms with E-state index in [4.69, 9.17) is 4.74 Å². The Bertz CT molecular complexity index is 1110. The van der Waals surface area contributed by atoms with Crippen molar-refractivity contribution < 1.29 is 14.3 Å². The molecule has 2 aromatic carbocycles. The number of thioether (sulfide) groups is 1. The number of anilines is 2. The summed E-state index contributed by atoms with van der Waals surface area (Å²) in [5, 5.41) is 14.7. The molecule has 0 spiro atoms. The standard InChI is InChI=1S/C23H27N5O3S/c1-5-28-20(13-21(29)25-18-10-6-7-12-19(18)31-4)26-27-23(28)32-14-22(30)24-17-11-8-9-15(2)16(17)3/h6-12H,5,13-14H2,1-4H3,(H,24,30)(H,25,29). The second-order valence-corrected chi connectivity index (χ2v) is 8.10. The number of hydrogen-bond acceptors (Lipinski definition) is 6. The molecule has 0 radical (unpaired) electrons. The largest absolute Gasteiger partial charge is 0.495 e. The van der Waals surface area contributed by atoms with Crippen LogP contribution in [0.25, 0.3) is 0 Å². The topological polar surface area (TPSA) is 98.1 Å². The fraction of sp³-hybridized carbons (Fsp3) is 0.304. The van der Waals surface area contributed by atoms with E-state index >= 15 is 0 Å². The minimum absolute atomic E-state index is 0.0636. The number of nitrogens with one attached hydrogen (secondary N) is 2. The van der Waals surface area contributed by atoms with Crippen LogP contribution in [0.15, 0.2) is 47.6 Å². The van der Waals surface area contributed by atoms with Gasteiger partial charge in [-0.05, 0) is 50.1 Å². The van der Waals surface area contributed by atoms with E-state index in [1.807, 2.05) is 55.7 Å². The lowest BCUT2D eigenvalue weighted by molar-refractivity contribution is -0.116. The Hall–Kier alpha value is -3.33. The number of rotatable bonds is 9. The molecule has 0 fully saturated rings. The van der Waals surface area contributed by atoms with E-state index in [0.717, 1.165) is 16.8 Å². The maximum absolute atomic E-state index is 12.5. The molecule has 2 N–H and O–H groups in total. The summed E-state index contributed by atoms with van der Waals surface area (Å²) in [6, 6.07) is 13.0. The average molecular weight is 454 g/mol. The average Bonchev–Trinajstić information content (AvgIpc) is 3.17. The summed E-state index contributed by atoms with van der Waals surface area (Å²) in [6.45, 7) is 6.53. The first-order chi connectivity index (χ1) is 15.4. The maximum atomic E-state index is 12.5. The van der Waals surface area contributed by atoms with Crippen LogP contribution < -0.4 is 15.4 Å². The summed E-state index contributed by atoms with van der Waals surface area (Å²) in [5.41, 5.74) is 3.57. The van der Waals surface area contributed by atoms with Crippen molar-refractivity contribution >= 4 is 35.0 Å². The summed E-state index contributed by atoms with van der Waals surface area (Å²) in [4.78, 5) is 25.0. The fourth-order valence-electron chi connectivity index (χ4n) is 3.16. The van der Waals surface area contributed by atoms with Crippen molar-refractivity contribution in [2.45, 2.75) is 38.9 Å². The first-order valence-corrected chi connectivity index (χ1v) is 11.2. The minimum atomic E-state index is -0.221. The van der Waals surface area contributed by atoms with E-state index in [9.17, 15) is 9.59 Å². The van der Waals surface area contributed by atoms with Crippen LogP contribution in [0.1, 0.15) is 23.9 Å². The Labute approximate surface area is 191 Å². The molecular formula is C23H27N5O3S. The van der Waals surface area contributed by atoms with Gasteiger partial charge in [-0.1, -0.05) is 36.0 Å². The van der Waals surface area contributed by atoms with Crippen LogP contribution in [0, 0.1) is 13.8 Å². The second kappa shape index (κ2) is 10.8. The van der Waals surface area contributed by atoms with Crippen molar-refractivity contribution in [3.8, 4) is 5.75 Å². The first kappa shape index (κ1) is 23.3. The molecular weight excluding hydrogens is 426 g/mol. The van der Waals surface area contributed by atoms with Crippen LogP contribution in [0.3, 0.4) is 0 Å². The molecule has 1 heterocycles. The molecule has 0 aliphatic carbocycles. The predicted molar refractivity (Wildman–Crippen MR) is 126 cm³/mol. The molecule has 0 aliphatic rings. The Morgan fingerprint density at radius 1 is 1.00 bits per heavy atom. The predicted octanol–water partition coefficient (Wildman–Crippen LogP) is 3.84. The molecule has 0 atom stereocenters. The molecule has 32 heavy (non-hydrogen) atoms. The fourth-order valence-corrected chi connectivity index (χ4v) is 3.98. The van der Waals surface area contributed by atoms with Crippen LogP contribution in [-0.2, 0) is 22.6 Å². The van der Waals surface area contributed by atoms with Crippen molar-refractivity contribution in [1.82, 2.24) is 14.8 Å². The van der Waals surface area contributed by atoms with E-state index in [2.05, 4.69) is 20.8 Å². The minimum Gasteiger partial charge on any atom is -0.495 e. The Morgan fingerprint density at radius 2 is 1.72 bits per heavy atom. The molecule has 9 heteroatoms. The lowest BCUT2D eigenvalue weighted by atomic mass is 10.1. The number of aromatic nitrogens is 3. The van der Waals surface area contributed by atoms with Gasteiger partial charge < -0.3 is 19.9 Å². The zero-order valence-electron chi connectivity index (χ0n) is 18.6. The molecule has 2 amide bonds. The monoisotopic (exact) mass is 453 g/mol. The number of hydrogen-bond donors (Lipinski definition) is 2. The molecule has 0 unspecified atom stereocenters. The zero-order valence-corrected chi connectivity index (χ0v) is 19.5. The molecule has 0 bridgehead atoms. The number of benzene rings is 2. The highest BCUT2D eigenvalue weighted by atomic mass is 32.2. The highest BCUT2D eigenvalue weighted by Gasteiger charge is 2.17. The van der Waals surface area contributed by atoms with Gasteiger partial charge in [-0.3, -0.25) is 9.59 Å². The summed E-state index contributed by atoms with van der Waals surface area (Å²) in [7, 11) is 1.55. The van der Waals surface area contributed by atoms with Crippen molar-refractivity contribution in [3.63, 3.8) is 0 Å². The lowest BCUT2D eigenvalue weighted by Gasteiger charge is -2.11. The second-order valence-electron chi connectivity index (χ2n) is 7.15. The zero-order chi connectivity index (χ0) is 23.1. The number of methoxy groups -OCH3 is 1. The van der Waals surface area contributed by atoms with E-state index in [1.165, 1.54) is 11.8 Å². The van der Waals surface area contributed by atoms with Crippen LogP contribution in [-0.4, -0.2) is 39.4 Å². The van der Waals surface area contributed by atoms with Crippen molar-refractivity contribution in [2.75, 3.05) is 23.5 Å². The molecule has 0 saturated carbocycles. The van der Waals surface area contributed by atoms with Crippen LogP contribution in [0.5, 0.6) is 5.75 Å². The highest BCUT2D eigenvalue weighted by Crippen LogP contribution is 2.24. The van der Waals surface area contributed by atoms with Gasteiger partial charge in [0.15, 0.2) is 5.16 Å². The van der Waals surface area contributed by atoms with Crippen molar-refractivity contribution in [3.05, 3.63) is 59.4 Å². The van der Waals surface area contributed by atoms with E-state index in [1.54, 1.807) is 19.2 Å². The molecule has 0 saturated heterocycles. The van der Waals surface area contributed by atoms with Crippen LogP contribution >= 0.6 is 11.8 Å².